The SMILES string of the molecule is O=C(CCNc1cc(Cl)ccc1Cl)Nc1ccc(F)c(F)c1. The van der Waals surface area contributed by atoms with Crippen LogP contribution in [0.3, 0.4) is 0 Å². The van der Waals surface area contributed by atoms with Gasteiger partial charge in [0.15, 0.2) is 11.6 Å². The molecule has 0 saturated heterocycles. The second kappa shape index (κ2) is 7.42. The Labute approximate surface area is 136 Å². The van der Waals surface area contributed by atoms with Crippen molar-refractivity contribution < 1.29 is 13.6 Å². The van der Waals surface area contributed by atoms with E-state index in [0.29, 0.717) is 22.3 Å². The molecule has 2 aromatic rings. The van der Waals surface area contributed by atoms with Gasteiger partial charge in [0.25, 0.3) is 0 Å². The Kier molecular flexibility index (Phi) is 5.57. The molecule has 0 saturated carbocycles. The average molecular weight is 345 g/mol. The van der Waals surface area contributed by atoms with E-state index in [0.717, 1.165) is 12.1 Å². The average Bonchev–Trinajstić information content (AvgIpc) is 2.46. The Morgan fingerprint density at radius 3 is 2.55 bits per heavy atom. The van der Waals surface area contributed by atoms with Crippen LogP contribution in [0.25, 0.3) is 0 Å². The Balaban J connectivity index is 1.85. The van der Waals surface area contributed by atoms with Gasteiger partial charge in [-0.05, 0) is 30.3 Å². The smallest absolute Gasteiger partial charge is 0.226 e. The number of halogens is 4. The Morgan fingerprint density at radius 2 is 1.82 bits per heavy atom. The standard InChI is InChI=1S/C15H12Cl2F2N2O/c16-9-1-3-11(17)14(7-9)20-6-5-15(22)21-10-2-4-12(18)13(19)8-10/h1-4,7-8,20H,5-6H2,(H,21,22). The number of anilines is 2. The van der Waals surface area contributed by atoms with E-state index in [9.17, 15) is 13.6 Å². The fourth-order valence-corrected chi connectivity index (χ4v) is 2.10. The van der Waals surface area contributed by atoms with Crippen LogP contribution >= 0.6 is 23.2 Å². The minimum absolute atomic E-state index is 0.127. The molecular weight excluding hydrogens is 333 g/mol. The first-order valence-electron chi connectivity index (χ1n) is 6.39. The highest BCUT2D eigenvalue weighted by atomic mass is 35.5. The first kappa shape index (κ1) is 16.5. The summed E-state index contributed by atoms with van der Waals surface area (Å²) >= 11 is 11.8. The number of carbonyl (C=O) groups is 1. The van der Waals surface area contributed by atoms with Gasteiger partial charge in [-0.1, -0.05) is 23.2 Å². The number of hydrogen-bond donors (Lipinski definition) is 2. The van der Waals surface area contributed by atoms with E-state index in [1.807, 2.05) is 0 Å². The molecule has 0 spiro atoms. The lowest BCUT2D eigenvalue weighted by Gasteiger charge is -2.09. The molecule has 3 nitrogen and oxygen atoms in total. The molecule has 2 aromatic carbocycles. The van der Waals surface area contributed by atoms with E-state index >= 15 is 0 Å². The second-order valence-corrected chi connectivity index (χ2v) is 5.32. The molecule has 0 atom stereocenters. The quantitative estimate of drug-likeness (QED) is 0.824. The van der Waals surface area contributed by atoms with Crippen molar-refractivity contribution in [1.29, 1.82) is 0 Å². The third kappa shape index (κ3) is 4.58. The van der Waals surface area contributed by atoms with Crippen LogP contribution in [0.4, 0.5) is 20.2 Å². The zero-order valence-corrected chi connectivity index (χ0v) is 12.8. The number of rotatable bonds is 5. The molecule has 0 aromatic heterocycles. The van der Waals surface area contributed by atoms with Gasteiger partial charge in [0.05, 0.1) is 10.7 Å². The van der Waals surface area contributed by atoms with Crippen molar-refractivity contribution in [3.05, 3.63) is 58.1 Å². The highest BCUT2D eigenvalue weighted by molar-refractivity contribution is 6.35. The summed E-state index contributed by atoms with van der Waals surface area (Å²) in [6.07, 6.45) is 0.127. The summed E-state index contributed by atoms with van der Waals surface area (Å²) in [5, 5.41) is 6.47. The van der Waals surface area contributed by atoms with E-state index in [1.165, 1.54) is 6.07 Å². The molecule has 0 radical (unpaired) electrons. The predicted molar refractivity (Wildman–Crippen MR) is 84.6 cm³/mol. The number of nitrogens with one attached hydrogen (secondary N) is 2. The molecule has 22 heavy (non-hydrogen) atoms. The van der Waals surface area contributed by atoms with Gasteiger partial charge in [0, 0.05) is 29.7 Å². The highest BCUT2D eigenvalue weighted by Crippen LogP contribution is 2.25. The van der Waals surface area contributed by atoms with E-state index in [4.69, 9.17) is 23.2 Å². The lowest BCUT2D eigenvalue weighted by Crippen LogP contribution is -2.16. The molecule has 0 bridgehead atoms. The summed E-state index contributed by atoms with van der Waals surface area (Å²) in [6.45, 7) is 0.315. The molecule has 2 rings (SSSR count). The van der Waals surface area contributed by atoms with Gasteiger partial charge < -0.3 is 10.6 Å². The monoisotopic (exact) mass is 344 g/mol. The van der Waals surface area contributed by atoms with E-state index in [1.54, 1.807) is 18.2 Å². The molecule has 2 N–H and O–H groups in total. The zero-order valence-electron chi connectivity index (χ0n) is 11.3. The third-order valence-corrected chi connectivity index (χ3v) is 3.36. The fraction of sp³-hybridized carbons (Fsp3) is 0.133. The first-order valence-corrected chi connectivity index (χ1v) is 7.15. The van der Waals surface area contributed by atoms with Crippen molar-refractivity contribution in [2.24, 2.45) is 0 Å². The maximum atomic E-state index is 13.0. The fourth-order valence-electron chi connectivity index (χ4n) is 1.74. The first-order chi connectivity index (χ1) is 10.5. The molecule has 0 aliphatic rings. The summed E-state index contributed by atoms with van der Waals surface area (Å²) in [5.74, 6) is -2.31. The van der Waals surface area contributed by atoms with Crippen LogP contribution in [0.1, 0.15) is 6.42 Å². The van der Waals surface area contributed by atoms with Gasteiger partial charge in [-0.25, -0.2) is 8.78 Å². The molecule has 0 aliphatic heterocycles. The van der Waals surface area contributed by atoms with Crippen LogP contribution in [0.5, 0.6) is 0 Å². The molecule has 7 heteroatoms. The molecule has 1 amide bonds. The lowest BCUT2D eigenvalue weighted by atomic mass is 10.2. The van der Waals surface area contributed by atoms with Crippen LogP contribution in [-0.4, -0.2) is 12.5 Å². The largest absolute Gasteiger partial charge is 0.383 e. The van der Waals surface area contributed by atoms with Crippen molar-refractivity contribution in [2.45, 2.75) is 6.42 Å². The van der Waals surface area contributed by atoms with Crippen LogP contribution < -0.4 is 10.6 Å². The van der Waals surface area contributed by atoms with Crippen molar-refractivity contribution in [2.75, 3.05) is 17.2 Å². The number of hydrogen-bond acceptors (Lipinski definition) is 2. The predicted octanol–water partition coefficient (Wildman–Crippen LogP) is 4.71. The van der Waals surface area contributed by atoms with Gasteiger partial charge in [-0.3, -0.25) is 4.79 Å². The number of carbonyl (C=O) groups excluding carboxylic acids is 1. The van der Waals surface area contributed by atoms with E-state index in [-0.39, 0.29) is 18.0 Å². The Hall–Kier alpha value is -1.85. The van der Waals surface area contributed by atoms with Gasteiger partial charge in [0.1, 0.15) is 0 Å². The van der Waals surface area contributed by atoms with Crippen molar-refractivity contribution in [1.82, 2.24) is 0 Å². The number of amides is 1. The van der Waals surface area contributed by atoms with Crippen molar-refractivity contribution in [3.63, 3.8) is 0 Å². The van der Waals surface area contributed by atoms with Crippen molar-refractivity contribution in [3.8, 4) is 0 Å². The Morgan fingerprint density at radius 1 is 1.05 bits per heavy atom. The summed E-state index contributed by atoms with van der Waals surface area (Å²) in [4.78, 5) is 11.7. The second-order valence-electron chi connectivity index (χ2n) is 4.48. The number of benzene rings is 2. The molecule has 0 heterocycles. The molecule has 0 fully saturated rings. The van der Waals surface area contributed by atoms with Crippen LogP contribution in [0, 0.1) is 11.6 Å². The minimum atomic E-state index is -1.01. The lowest BCUT2D eigenvalue weighted by molar-refractivity contribution is -0.115. The van der Waals surface area contributed by atoms with Crippen LogP contribution in [-0.2, 0) is 4.79 Å². The van der Waals surface area contributed by atoms with E-state index < -0.39 is 11.6 Å². The maximum absolute atomic E-state index is 13.0. The molecule has 0 aliphatic carbocycles. The Bertz CT molecular complexity index is 695. The van der Waals surface area contributed by atoms with Gasteiger partial charge >= 0.3 is 0 Å². The maximum Gasteiger partial charge on any atom is 0.226 e. The minimum Gasteiger partial charge on any atom is -0.383 e. The van der Waals surface area contributed by atoms with Gasteiger partial charge in [-0.2, -0.15) is 0 Å². The third-order valence-electron chi connectivity index (χ3n) is 2.80. The van der Waals surface area contributed by atoms with Gasteiger partial charge in [-0.15, -0.1) is 0 Å². The highest BCUT2D eigenvalue weighted by Gasteiger charge is 2.07. The molecular formula is C15H12Cl2F2N2O. The van der Waals surface area contributed by atoms with Crippen LogP contribution in [0.15, 0.2) is 36.4 Å². The topological polar surface area (TPSA) is 41.1 Å². The van der Waals surface area contributed by atoms with Crippen molar-refractivity contribution >= 4 is 40.5 Å². The summed E-state index contributed by atoms with van der Waals surface area (Å²) < 4.78 is 25.8. The molecule has 116 valence electrons. The summed E-state index contributed by atoms with van der Waals surface area (Å²) in [7, 11) is 0. The van der Waals surface area contributed by atoms with E-state index in [2.05, 4.69) is 10.6 Å². The normalized spacial score (nSPS) is 10.4. The van der Waals surface area contributed by atoms with Gasteiger partial charge in [0.2, 0.25) is 5.91 Å². The summed E-state index contributed by atoms with van der Waals surface area (Å²) in [5.41, 5.74) is 0.819. The molecule has 0 unspecified atom stereocenters. The van der Waals surface area contributed by atoms with Crippen LogP contribution in [0.2, 0.25) is 10.0 Å². The zero-order chi connectivity index (χ0) is 16.1. The summed E-state index contributed by atoms with van der Waals surface area (Å²) in [6, 6.07) is 8.12.